The first-order valence-corrected chi connectivity index (χ1v) is 8.42. The Bertz CT molecular complexity index is 538. The van der Waals surface area contributed by atoms with Crippen LogP contribution in [0.2, 0.25) is 0 Å². The number of hydrogen-bond donors (Lipinski definition) is 1. The van der Waals surface area contributed by atoms with Crippen LogP contribution in [0.1, 0.15) is 38.2 Å². The van der Waals surface area contributed by atoms with Crippen molar-refractivity contribution in [3.05, 3.63) is 23.8 Å². The van der Waals surface area contributed by atoms with Gasteiger partial charge in [-0.2, -0.15) is 0 Å². The van der Waals surface area contributed by atoms with Gasteiger partial charge in [-0.25, -0.2) is 0 Å². The Morgan fingerprint density at radius 3 is 2.91 bits per heavy atom. The van der Waals surface area contributed by atoms with Gasteiger partial charge in [0.25, 0.3) is 0 Å². The van der Waals surface area contributed by atoms with E-state index in [1.54, 1.807) is 0 Å². The third-order valence-electron chi connectivity index (χ3n) is 4.70. The molecule has 0 aromatic heterocycles. The minimum atomic E-state index is 0.0529. The summed E-state index contributed by atoms with van der Waals surface area (Å²) in [6, 6.07) is 6.09. The quantitative estimate of drug-likeness (QED) is 0.933. The van der Waals surface area contributed by atoms with Crippen molar-refractivity contribution < 1.29 is 9.53 Å². The summed E-state index contributed by atoms with van der Waals surface area (Å²) in [5.41, 5.74) is 2.09. The molecule has 2 heterocycles. The molecule has 1 aromatic rings. The number of rotatable bonds is 3. The van der Waals surface area contributed by atoms with Crippen LogP contribution < -0.4 is 15.0 Å². The predicted molar refractivity (Wildman–Crippen MR) is 88.4 cm³/mol. The fourth-order valence-corrected chi connectivity index (χ4v) is 3.42. The Hall–Kier alpha value is -1.55. The molecule has 0 bridgehead atoms. The number of anilines is 1. The van der Waals surface area contributed by atoms with E-state index in [1.165, 1.54) is 12.8 Å². The standard InChI is InChI=1S/C18H26N2O2/c1-13-3-5-16-17(11-13)22-14(2)12-20(16)18(21)6-4-15-7-9-19-10-8-15/h3,5,11,14-15,19H,4,6-10,12H2,1-2H3/t14-/m0/s1. The van der Waals surface area contributed by atoms with Crippen LogP contribution >= 0.6 is 0 Å². The van der Waals surface area contributed by atoms with Gasteiger partial charge in [-0.1, -0.05) is 6.07 Å². The summed E-state index contributed by atoms with van der Waals surface area (Å²) in [6.45, 7) is 6.91. The molecule has 120 valence electrons. The van der Waals surface area contributed by atoms with E-state index < -0.39 is 0 Å². The molecule has 2 aliphatic heterocycles. The third kappa shape index (κ3) is 3.43. The molecule has 4 heteroatoms. The average Bonchev–Trinajstić information content (AvgIpc) is 2.52. The van der Waals surface area contributed by atoms with Crippen LogP contribution in [-0.2, 0) is 4.79 Å². The molecular formula is C18H26N2O2. The van der Waals surface area contributed by atoms with Crippen LogP contribution in [0, 0.1) is 12.8 Å². The highest BCUT2D eigenvalue weighted by molar-refractivity contribution is 5.95. The normalized spacial score (nSPS) is 22.1. The summed E-state index contributed by atoms with van der Waals surface area (Å²) >= 11 is 0. The van der Waals surface area contributed by atoms with E-state index in [9.17, 15) is 4.79 Å². The topological polar surface area (TPSA) is 41.6 Å². The molecule has 0 unspecified atom stereocenters. The van der Waals surface area contributed by atoms with Gasteiger partial charge in [0.2, 0.25) is 5.91 Å². The fraction of sp³-hybridized carbons (Fsp3) is 0.611. The number of nitrogens with zero attached hydrogens (tertiary/aromatic N) is 1. The molecule has 0 radical (unpaired) electrons. The van der Waals surface area contributed by atoms with E-state index in [-0.39, 0.29) is 12.0 Å². The van der Waals surface area contributed by atoms with E-state index >= 15 is 0 Å². The number of carbonyl (C=O) groups is 1. The predicted octanol–water partition coefficient (Wildman–Crippen LogP) is 2.89. The highest BCUT2D eigenvalue weighted by atomic mass is 16.5. The number of ether oxygens (including phenoxy) is 1. The zero-order chi connectivity index (χ0) is 15.5. The lowest BCUT2D eigenvalue weighted by atomic mass is 9.93. The molecule has 2 aliphatic rings. The van der Waals surface area contributed by atoms with Gasteiger partial charge < -0.3 is 15.0 Å². The first-order valence-electron chi connectivity index (χ1n) is 8.42. The molecule has 0 saturated carbocycles. The van der Waals surface area contributed by atoms with Gasteiger partial charge in [0, 0.05) is 6.42 Å². The summed E-state index contributed by atoms with van der Waals surface area (Å²) in [6.07, 6.45) is 4.10. The molecule has 1 amide bonds. The first-order chi connectivity index (χ1) is 10.6. The molecule has 4 nitrogen and oxygen atoms in total. The lowest BCUT2D eigenvalue weighted by molar-refractivity contribution is -0.119. The van der Waals surface area contributed by atoms with Crippen molar-refractivity contribution in [1.82, 2.24) is 5.32 Å². The van der Waals surface area contributed by atoms with Gasteiger partial charge in [0.15, 0.2) is 0 Å². The minimum absolute atomic E-state index is 0.0529. The van der Waals surface area contributed by atoms with E-state index in [0.29, 0.717) is 18.9 Å². The Balaban J connectivity index is 1.67. The van der Waals surface area contributed by atoms with Crippen molar-refractivity contribution in [2.45, 2.75) is 45.6 Å². The van der Waals surface area contributed by atoms with Gasteiger partial charge in [-0.05, 0) is 69.8 Å². The van der Waals surface area contributed by atoms with Crippen LogP contribution in [0.15, 0.2) is 18.2 Å². The van der Waals surface area contributed by atoms with E-state index in [0.717, 1.165) is 36.5 Å². The summed E-state index contributed by atoms with van der Waals surface area (Å²) in [5.74, 6) is 1.77. The molecule has 0 spiro atoms. The number of piperidine rings is 1. The Morgan fingerprint density at radius 1 is 1.36 bits per heavy atom. The number of amides is 1. The zero-order valence-electron chi connectivity index (χ0n) is 13.6. The second-order valence-electron chi connectivity index (χ2n) is 6.64. The molecule has 1 saturated heterocycles. The average molecular weight is 302 g/mol. The molecule has 1 N–H and O–H groups in total. The summed E-state index contributed by atoms with van der Waals surface area (Å²) < 4.78 is 5.89. The van der Waals surface area contributed by atoms with Crippen LogP contribution in [0.25, 0.3) is 0 Å². The number of benzene rings is 1. The smallest absolute Gasteiger partial charge is 0.227 e. The number of carbonyl (C=O) groups excluding carboxylic acids is 1. The van der Waals surface area contributed by atoms with Crippen LogP contribution in [0.4, 0.5) is 5.69 Å². The molecule has 1 fully saturated rings. The molecule has 3 rings (SSSR count). The lowest BCUT2D eigenvalue weighted by Crippen LogP contribution is -2.42. The molecule has 1 atom stereocenters. The van der Waals surface area contributed by atoms with Crippen molar-refractivity contribution in [2.75, 3.05) is 24.5 Å². The lowest BCUT2D eigenvalue weighted by Gasteiger charge is -2.34. The van der Waals surface area contributed by atoms with E-state index in [1.807, 2.05) is 36.9 Å². The molecular weight excluding hydrogens is 276 g/mol. The number of aryl methyl sites for hydroxylation is 1. The van der Waals surface area contributed by atoms with Gasteiger partial charge in [-0.3, -0.25) is 4.79 Å². The van der Waals surface area contributed by atoms with Crippen molar-refractivity contribution in [3.63, 3.8) is 0 Å². The largest absolute Gasteiger partial charge is 0.487 e. The second-order valence-corrected chi connectivity index (χ2v) is 6.64. The van der Waals surface area contributed by atoms with Crippen LogP contribution in [-0.4, -0.2) is 31.6 Å². The Morgan fingerprint density at radius 2 is 2.14 bits per heavy atom. The third-order valence-corrected chi connectivity index (χ3v) is 4.70. The van der Waals surface area contributed by atoms with E-state index in [4.69, 9.17) is 4.74 Å². The van der Waals surface area contributed by atoms with Crippen LogP contribution in [0.5, 0.6) is 5.75 Å². The number of hydrogen-bond acceptors (Lipinski definition) is 3. The summed E-state index contributed by atoms with van der Waals surface area (Å²) in [5, 5.41) is 3.38. The molecule has 0 aliphatic carbocycles. The SMILES string of the molecule is Cc1ccc2c(c1)O[C@@H](C)CN2C(=O)CCC1CCNCC1. The minimum Gasteiger partial charge on any atom is -0.487 e. The first kappa shape index (κ1) is 15.3. The maximum Gasteiger partial charge on any atom is 0.227 e. The van der Waals surface area contributed by atoms with Crippen LogP contribution in [0.3, 0.4) is 0 Å². The zero-order valence-corrected chi connectivity index (χ0v) is 13.6. The van der Waals surface area contributed by atoms with Crippen molar-refractivity contribution in [3.8, 4) is 5.75 Å². The highest BCUT2D eigenvalue weighted by Crippen LogP contribution is 2.35. The van der Waals surface area contributed by atoms with Crippen molar-refractivity contribution >= 4 is 11.6 Å². The van der Waals surface area contributed by atoms with Gasteiger partial charge in [0.05, 0.1) is 12.2 Å². The van der Waals surface area contributed by atoms with Crippen molar-refractivity contribution in [2.24, 2.45) is 5.92 Å². The molecule has 1 aromatic carbocycles. The number of nitrogens with one attached hydrogen (secondary N) is 1. The molecule has 22 heavy (non-hydrogen) atoms. The maximum atomic E-state index is 12.7. The monoisotopic (exact) mass is 302 g/mol. The Labute approximate surface area is 132 Å². The fourth-order valence-electron chi connectivity index (χ4n) is 3.42. The van der Waals surface area contributed by atoms with Crippen molar-refractivity contribution in [1.29, 1.82) is 0 Å². The van der Waals surface area contributed by atoms with E-state index in [2.05, 4.69) is 5.32 Å². The summed E-state index contributed by atoms with van der Waals surface area (Å²) in [4.78, 5) is 14.6. The Kier molecular flexibility index (Phi) is 4.67. The number of fused-ring (bicyclic) bond motifs is 1. The highest BCUT2D eigenvalue weighted by Gasteiger charge is 2.28. The van der Waals surface area contributed by atoms with Gasteiger partial charge in [0.1, 0.15) is 11.9 Å². The second kappa shape index (κ2) is 6.69. The summed E-state index contributed by atoms with van der Waals surface area (Å²) in [7, 11) is 0. The van der Waals surface area contributed by atoms with Gasteiger partial charge >= 0.3 is 0 Å². The van der Waals surface area contributed by atoms with Gasteiger partial charge in [-0.15, -0.1) is 0 Å². The maximum absolute atomic E-state index is 12.7.